The van der Waals surface area contributed by atoms with Gasteiger partial charge in [0.05, 0.1) is 0 Å². The highest BCUT2D eigenvalue weighted by Gasteiger charge is 2.11. The number of aliphatic carboxylic acids is 1. The first kappa shape index (κ1) is 33.0. The van der Waals surface area contributed by atoms with Crippen LogP contribution in [0.3, 0.4) is 0 Å². The minimum atomic E-state index is -1.16. The highest BCUT2D eigenvalue weighted by Crippen LogP contribution is 2.13. The lowest BCUT2D eigenvalue weighted by Crippen LogP contribution is -2.18. The maximum Gasteiger partial charge on any atom is 0.332 e. The second-order valence-electron chi connectivity index (χ2n) is 8.91. The quantitative estimate of drug-likeness (QED) is 0.0858. The molecule has 0 aromatic rings. The van der Waals surface area contributed by atoms with Crippen molar-refractivity contribution in [2.24, 2.45) is 5.34 Å². The molecule has 2 N–H and O–H groups in total. The number of aliphatic hydroxyl groups excluding tert-OH is 1. The van der Waals surface area contributed by atoms with Crippen LogP contribution in [0.5, 0.6) is 0 Å². The highest BCUT2D eigenvalue weighted by molar-refractivity contribution is 5.71. The molecule has 0 aliphatic rings. The molecule has 32 heavy (non-hydrogen) atoms. The molecule has 0 heterocycles. The lowest BCUT2D eigenvalue weighted by Gasteiger charge is -2.05. The fourth-order valence-electron chi connectivity index (χ4n) is 3.64. The van der Waals surface area contributed by atoms with E-state index in [2.05, 4.69) is 24.0 Å². The molecule has 0 aromatic carbocycles. The minimum Gasteiger partial charge on any atom is -0.479 e. The molecule has 0 radical (unpaired) electrons. The lowest BCUT2D eigenvalue weighted by atomic mass is 10.0. The van der Waals surface area contributed by atoms with Crippen molar-refractivity contribution in [3.8, 4) is 0 Å². The maximum absolute atomic E-state index is 10.4. The van der Waals surface area contributed by atoms with Gasteiger partial charge in [0.1, 0.15) is 6.61 Å². The van der Waals surface area contributed by atoms with E-state index in [0.29, 0.717) is 13.0 Å². The van der Waals surface area contributed by atoms with E-state index in [1.807, 2.05) is 0 Å². The van der Waals surface area contributed by atoms with Gasteiger partial charge in [-0.1, -0.05) is 129 Å². The highest BCUT2D eigenvalue weighted by atomic mass is 16.7. The van der Waals surface area contributed by atoms with E-state index in [0.717, 1.165) is 25.7 Å². The Kier molecular flexibility index (Phi) is 30.8. The Morgan fingerprint density at radius 1 is 0.656 bits per heavy atom. The van der Waals surface area contributed by atoms with Crippen molar-refractivity contribution in [3.05, 3.63) is 4.91 Å². The van der Waals surface area contributed by atoms with Crippen molar-refractivity contribution in [2.45, 2.75) is 155 Å². The summed E-state index contributed by atoms with van der Waals surface area (Å²) < 4.78 is 0. The smallest absolute Gasteiger partial charge is 0.332 e. The average molecular weight is 460 g/mol. The molecular formula is C26H53NO5. The summed E-state index contributed by atoms with van der Waals surface area (Å²) in [5, 5.41) is 20.0. The summed E-state index contributed by atoms with van der Waals surface area (Å²) in [7, 11) is 0. The largest absolute Gasteiger partial charge is 0.479 e. The Balaban J connectivity index is 0. The second-order valence-corrected chi connectivity index (χ2v) is 8.91. The van der Waals surface area contributed by atoms with Gasteiger partial charge in [-0.2, -0.15) is 0 Å². The fourth-order valence-corrected chi connectivity index (χ4v) is 3.64. The van der Waals surface area contributed by atoms with E-state index in [4.69, 9.17) is 10.2 Å². The van der Waals surface area contributed by atoms with Crippen molar-refractivity contribution >= 4 is 5.97 Å². The van der Waals surface area contributed by atoms with Gasteiger partial charge in [-0.15, -0.1) is 4.91 Å². The van der Waals surface area contributed by atoms with Crippen LogP contribution in [0, 0.1) is 4.91 Å². The van der Waals surface area contributed by atoms with Gasteiger partial charge in [0.2, 0.25) is 0 Å². The van der Waals surface area contributed by atoms with Gasteiger partial charge in [-0.3, -0.25) is 0 Å². The van der Waals surface area contributed by atoms with Crippen LogP contribution >= 0.6 is 0 Å². The summed E-state index contributed by atoms with van der Waals surface area (Å²) >= 11 is 0. The monoisotopic (exact) mass is 459 g/mol. The summed E-state index contributed by atoms with van der Waals surface area (Å²) in [6.45, 7) is 4.93. The molecule has 0 saturated carbocycles. The number of rotatable bonds is 24. The molecule has 0 aliphatic heterocycles. The molecule has 6 heteroatoms. The summed E-state index contributed by atoms with van der Waals surface area (Å²) in [5.74, 6) is -1.09. The van der Waals surface area contributed by atoms with E-state index in [1.165, 1.54) is 103 Å². The number of carboxylic acid groups (broad SMARTS) is 1. The number of nitrogens with zero attached hydrogens (tertiary/aromatic N) is 1. The summed E-state index contributed by atoms with van der Waals surface area (Å²) in [4.78, 5) is 24.2. The molecule has 192 valence electrons. The number of hydrogen-bond acceptors (Lipinski definition) is 5. The molecule has 0 amide bonds. The van der Waals surface area contributed by atoms with Crippen LogP contribution in [0.25, 0.3) is 0 Å². The molecule has 0 bridgehead atoms. The molecule has 0 spiro atoms. The third-order valence-corrected chi connectivity index (χ3v) is 5.76. The normalized spacial score (nSPS) is 11.5. The summed E-state index contributed by atoms with van der Waals surface area (Å²) in [6, 6.07) is 0. The average Bonchev–Trinajstić information content (AvgIpc) is 2.79. The lowest BCUT2D eigenvalue weighted by molar-refractivity contribution is -0.146. The van der Waals surface area contributed by atoms with E-state index in [-0.39, 0.29) is 0 Å². The Morgan fingerprint density at radius 3 is 1.34 bits per heavy atom. The van der Waals surface area contributed by atoms with Crippen molar-refractivity contribution < 1.29 is 19.8 Å². The molecule has 0 aliphatic carbocycles. The molecular weight excluding hydrogens is 406 g/mol. The topological polar surface area (TPSA) is 96.2 Å². The molecule has 0 fully saturated rings. The Bertz CT molecular complexity index is 379. The van der Waals surface area contributed by atoms with Gasteiger partial charge in [0.25, 0.3) is 0 Å². The van der Waals surface area contributed by atoms with E-state index in [1.54, 1.807) is 0 Å². The maximum atomic E-state index is 10.4. The first-order chi connectivity index (χ1) is 15.6. The standard InChI is InChI=1S/C18H36O3.C8H17NO2/c1-2-3-4-5-6-7-8-9-10-11-12-13-14-15-16-17(19)18(20)21;1-2-3-4-5-6-7-8-11-9-10/h17,19H,2-16H2,1H3,(H,20,21);2-8H2,1H3. The molecule has 6 nitrogen and oxygen atoms in total. The Labute approximate surface area is 197 Å². The van der Waals surface area contributed by atoms with E-state index < -0.39 is 12.1 Å². The van der Waals surface area contributed by atoms with Gasteiger partial charge in [0, 0.05) is 0 Å². The van der Waals surface area contributed by atoms with E-state index >= 15 is 0 Å². The van der Waals surface area contributed by atoms with Crippen molar-refractivity contribution in [1.29, 1.82) is 0 Å². The molecule has 1 atom stereocenters. The van der Waals surface area contributed by atoms with Crippen molar-refractivity contribution in [1.82, 2.24) is 0 Å². The van der Waals surface area contributed by atoms with Gasteiger partial charge in [-0.05, 0) is 19.3 Å². The van der Waals surface area contributed by atoms with Crippen LogP contribution in [-0.4, -0.2) is 28.9 Å². The van der Waals surface area contributed by atoms with Crippen molar-refractivity contribution in [2.75, 3.05) is 6.61 Å². The van der Waals surface area contributed by atoms with Gasteiger partial charge in [-0.25, -0.2) is 4.79 Å². The van der Waals surface area contributed by atoms with Crippen LogP contribution in [-0.2, 0) is 9.63 Å². The predicted molar refractivity (Wildman–Crippen MR) is 134 cm³/mol. The third kappa shape index (κ3) is 31.0. The molecule has 0 rings (SSSR count). The Morgan fingerprint density at radius 2 is 1.00 bits per heavy atom. The van der Waals surface area contributed by atoms with Gasteiger partial charge in [0.15, 0.2) is 11.4 Å². The number of unbranched alkanes of at least 4 members (excludes halogenated alkanes) is 18. The van der Waals surface area contributed by atoms with Crippen LogP contribution in [0.4, 0.5) is 0 Å². The Hall–Kier alpha value is -1.17. The second kappa shape index (κ2) is 29.8. The SMILES string of the molecule is CCCCCCCCCCCCCCCCC(O)C(=O)O.CCCCCCCCON=O. The molecule has 0 aromatic heterocycles. The molecule has 0 saturated heterocycles. The first-order valence-corrected chi connectivity index (χ1v) is 13.5. The zero-order chi connectivity index (χ0) is 24.1. The van der Waals surface area contributed by atoms with Gasteiger partial charge >= 0.3 is 5.97 Å². The summed E-state index contributed by atoms with van der Waals surface area (Å²) in [6.07, 6.45) is 24.5. The number of carboxylic acids is 1. The predicted octanol–water partition coefficient (Wildman–Crippen LogP) is 8.35. The van der Waals surface area contributed by atoms with Crippen LogP contribution in [0.15, 0.2) is 5.34 Å². The zero-order valence-electron chi connectivity index (χ0n) is 21.2. The van der Waals surface area contributed by atoms with Crippen molar-refractivity contribution in [3.63, 3.8) is 0 Å². The zero-order valence-corrected chi connectivity index (χ0v) is 21.2. The third-order valence-electron chi connectivity index (χ3n) is 5.76. The van der Waals surface area contributed by atoms with Crippen LogP contribution in [0.1, 0.15) is 149 Å². The number of carbonyl (C=O) groups is 1. The first-order valence-electron chi connectivity index (χ1n) is 13.5. The fraction of sp³-hybridized carbons (Fsp3) is 0.962. The number of aliphatic hydroxyl groups is 1. The van der Waals surface area contributed by atoms with E-state index in [9.17, 15) is 9.70 Å². The minimum absolute atomic E-state index is 0.396. The van der Waals surface area contributed by atoms with Crippen LogP contribution in [0.2, 0.25) is 0 Å². The van der Waals surface area contributed by atoms with Gasteiger partial charge < -0.3 is 15.1 Å². The molecule has 1 unspecified atom stereocenters. The number of hydrogen-bond donors (Lipinski definition) is 2. The van der Waals surface area contributed by atoms with Crippen LogP contribution < -0.4 is 0 Å². The summed E-state index contributed by atoms with van der Waals surface area (Å²) in [5.41, 5.74) is 0.